The summed E-state index contributed by atoms with van der Waals surface area (Å²) in [5, 5.41) is 8.44. The van der Waals surface area contributed by atoms with Crippen LogP contribution in [0.3, 0.4) is 0 Å². The topological polar surface area (TPSA) is 62.3 Å². The van der Waals surface area contributed by atoms with E-state index in [9.17, 15) is 0 Å². The lowest BCUT2D eigenvalue weighted by Crippen LogP contribution is -2.29. The molecule has 0 aliphatic rings. The molecule has 0 aliphatic carbocycles. The van der Waals surface area contributed by atoms with Crippen molar-refractivity contribution in [2.75, 3.05) is 33.4 Å². The highest BCUT2D eigenvalue weighted by Gasteiger charge is 2.02. The van der Waals surface area contributed by atoms with Crippen LogP contribution >= 0.6 is 0 Å². The molecule has 2 N–H and O–H groups in total. The van der Waals surface area contributed by atoms with E-state index < -0.39 is 0 Å². The number of nitrogens with two attached hydrogens (primary N) is 1. The second-order valence-electron chi connectivity index (χ2n) is 3.02. The van der Waals surface area contributed by atoms with Crippen molar-refractivity contribution in [3.8, 4) is 6.07 Å². The molecule has 1 atom stereocenters. The zero-order valence-electron chi connectivity index (χ0n) is 8.49. The average molecular weight is 185 g/mol. The Balaban J connectivity index is 3.30. The fourth-order valence-electron chi connectivity index (χ4n) is 0.901. The normalized spacial score (nSPS) is 12.8. The smallest absolute Gasteiger partial charge is 0.0940 e. The van der Waals surface area contributed by atoms with E-state index in [2.05, 4.69) is 4.90 Å². The number of nitriles is 1. The van der Waals surface area contributed by atoms with Crippen molar-refractivity contribution in [1.82, 2.24) is 4.90 Å². The molecule has 0 saturated heterocycles. The van der Waals surface area contributed by atoms with Gasteiger partial charge in [0.1, 0.15) is 0 Å². The van der Waals surface area contributed by atoms with E-state index in [4.69, 9.17) is 15.7 Å². The van der Waals surface area contributed by atoms with E-state index in [1.54, 1.807) is 0 Å². The molecule has 0 aromatic rings. The summed E-state index contributed by atoms with van der Waals surface area (Å²) in [6.07, 6.45) is 0.721. The molecule has 0 rings (SSSR count). The van der Waals surface area contributed by atoms with Gasteiger partial charge >= 0.3 is 0 Å². The monoisotopic (exact) mass is 185 g/mol. The average Bonchev–Trinajstić information content (AvgIpc) is 2.14. The maximum atomic E-state index is 8.44. The first kappa shape index (κ1) is 12.4. The van der Waals surface area contributed by atoms with Gasteiger partial charge in [-0.05, 0) is 20.4 Å². The molecular formula is C9H19N3O. The third-order valence-corrected chi connectivity index (χ3v) is 1.81. The lowest BCUT2D eigenvalue weighted by Gasteiger charge is -2.16. The summed E-state index contributed by atoms with van der Waals surface area (Å²) in [6.45, 7) is 5.22. The molecule has 0 bridgehead atoms. The number of hydrogen-bond acceptors (Lipinski definition) is 4. The second-order valence-corrected chi connectivity index (χ2v) is 3.02. The highest BCUT2D eigenvalue weighted by Crippen LogP contribution is 1.91. The Labute approximate surface area is 80.3 Å². The van der Waals surface area contributed by atoms with Crippen molar-refractivity contribution in [2.45, 2.75) is 19.4 Å². The molecule has 0 saturated carbocycles. The van der Waals surface area contributed by atoms with Gasteiger partial charge in [-0.1, -0.05) is 0 Å². The van der Waals surface area contributed by atoms with Gasteiger partial charge in [0.15, 0.2) is 0 Å². The van der Waals surface area contributed by atoms with Gasteiger partial charge in [-0.25, -0.2) is 0 Å². The number of hydrogen-bond donors (Lipinski definition) is 1. The fraction of sp³-hybridized carbons (Fsp3) is 0.889. The lowest BCUT2D eigenvalue weighted by molar-refractivity contribution is 0.121. The Hall–Kier alpha value is -0.630. The van der Waals surface area contributed by atoms with Crippen LogP contribution in [-0.2, 0) is 4.74 Å². The molecule has 4 heteroatoms. The standard InChI is InChI=1S/C9H19N3O/c1-3-13-7-6-12(2)5-4-9(11)8-10/h9H,3-7,11H2,1-2H3. The molecule has 0 aromatic heterocycles. The summed E-state index contributed by atoms with van der Waals surface area (Å²) in [5.41, 5.74) is 5.46. The minimum atomic E-state index is -0.338. The molecular weight excluding hydrogens is 166 g/mol. The largest absolute Gasteiger partial charge is 0.380 e. The predicted molar refractivity (Wildman–Crippen MR) is 52.2 cm³/mol. The summed E-state index contributed by atoms with van der Waals surface area (Å²) >= 11 is 0. The number of rotatable bonds is 7. The van der Waals surface area contributed by atoms with Crippen LogP contribution in [0.1, 0.15) is 13.3 Å². The zero-order chi connectivity index (χ0) is 10.1. The number of likely N-dealkylation sites (N-methyl/N-ethyl adjacent to an activating group) is 1. The van der Waals surface area contributed by atoms with Gasteiger partial charge in [-0.15, -0.1) is 0 Å². The number of ether oxygens (including phenoxy) is 1. The van der Waals surface area contributed by atoms with Crippen molar-refractivity contribution >= 4 is 0 Å². The lowest BCUT2D eigenvalue weighted by atomic mass is 10.2. The Bertz CT molecular complexity index is 155. The maximum Gasteiger partial charge on any atom is 0.0940 e. The fourth-order valence-corrected chi connectivity index (χ4v) is 0.901. The van der Waals surface area contributed by atoms with Gasteiger partial charge < -0.3 is 15.4 Å². The first-order valence-corrected chi connectivity index (χ1v) is 4.62. The number of nitrogens with zero attached hydrogens (tertiary/aromatic N) is 2. The van der Waals surface area contributed by atoms with E-state index in [0.29, 0.717) is 0 Å². The van der Waals surface area contributed by atoms with Gasteiger partial charge in [-0.3, -0.25) is 0 Å². The Kier molecular flexibility index (Phi) is 7.60. The van der Waals surface area contributed by atoms with Crippen molar-refractivity contribution in [2.24, 2.45) is 5.73 Å². The van der Waals surface area contributed by atoms with Gasteiger partial charge in [0.05, 0.1) is 18.7 Å². The van der Waals surface area contributed by atoms with E-state index >= 15 is 0 Å². The molecule has 0 fully saturated rings. The van der Waals surface area contributed by atoms with E-state index in [-0.39, 0.29) is 6.04 Å². The summed E-state index contributed by atoms with van der Waals surface area (Å²) in [6, 6.07) is 1.67. The minimum absolute atomic E-state index is 0.338. The Morgan fingerprint density at radius 2 is 2.23 bits per heavy atom. The summed E-state index contributed by atoms with van der Waals surface area (Å²) in [5.74, 6) is 0. The third kappa shape index (κ3) is 7.72. The molecule has 1 unspecified atom stereocenters. The summed E-state index contributed by atoms with van der Waals surface area (Å²) in [7, 11) is 2.00. The highest BCUT2D eigenvalue weighted by atomic mass is 16.5. The van der Waals surface area contributed by atoms with E-state index in [1.165, 1.54) is 0 Å². The molecule has 0 spiro atoms. The van der Waals surface area contributed by atoms with Crippen LogP contribution < -0.4 is 5.73 Å². The SMILES string of the molecule is CCOCCN(C)CCC(N)C#N. The molecule has 76 valence electrons. The van der Waals surface area contributed by atoms with Crippen LogP contribution in [0.5, 0.6) is 0 Å². The van der Waals surface area contributed by atoms with Crippen molar-refractivity contribution < 1.29 is 4.74 Å². The van der Waals surface area contributed by atoms with Crippen molar-refractivity contribution in [3.63, 3.8) is 0 Å². The zero-order valence-corrected chi connectivity index (χ0v) is 8.49. The quantitative estimate of drug-likeness (QED) is 0.575. The Morgan fingerprint density at radius 1 is 1.54 bits per heavy atom. The van der Waals surface area contributed by atoms with Crippen LogP contribution in [0.15, 0.2) is 0 Å². The van der Waals surface area contributed by atoms with Crippen molar-refractivity contribution in [3.05, 3.63) is 0 Å². The van der Waals surface area contributed by atoms with Gasteiger partial charge in [0.25, 0.3) is 0 Å². The molecule has 0 heterocycles. The Morgan fingerprint density at radius 3 is 2.77 bits per heavy atom. The molecule has 0 radical (unpaired) electrons. The summed E-state index contributed by atoms with van der Waals surface area (Å²) < 4.78 is 5.20. The first-order chi connectivity index (χ1) is 6.20. The second kappa shape index (κ2) is 7.99. The molecule has 0 aliphatic heterocycles. The molecule has 0 amide bonds. The predicted octanol–water partition coefficient (Wildman–Crippen LogP) is 0.196. The first-order valence-electron chi connectivity index (χ1n) is 4.62. The van der Waals surface area contributed by atoms with Gasteiger partial charge in [0, 0.05) is 19.7 Å². The van der Waals surface area contributed by atoms with E-state index in [1.807, 2.05) is 20.0 Å². The van der Waals surface area contributed by atoms with Crippen LogP contribution in [0.25, 0.3) is 0 Å². The minimum Gasteiger partial charge on any atom is -0.380 e. The third-order valence-electron chi connectivity index (χ3n) is 1.81. The van der Waals surface area contributed by atoms with Gasteiger partial charge in [-0.2, -0.15) is 5.26 Å². The molecule has 0 aromatic carbocycles. The van der Waals surface area contributed by atoms with E-state index in [0.717, 1.165) is 32.7 Å². The van der Waals surface area contributed by atoms with Crippen LogP contribution in [-0.4, -0.2) is 44.3 Å². The maximum absolute atomic E-state index is 8.44. The molecule has 4 nitrogen and oxygen atoms in total. The van der Waals surface area contributed by atoms with Crippen LogP contribution in [0, 0.1) is 11.3 Å². The summed E-state index contributed by atoms with van der Waals surface area (Å²) in [4.78, 5) is 2.12. The molecule has 13 heavy (non-hydrogen) atoms. The van der Waals surface area contributed by atoms with Crippen LogP contribution in [0.4, 0.5) is 0 Å². The van der Waals surface area contributed by atoms with Gasteiger partial charge in [0.2, 0.25) is 0 Å². The van der Waals surface area contributed by atoms with Crippen molar-refractivity contribution in [1.29, 1.82) is 5.26 Å². The van der Waals surface area contributed by atoms with Crippen LogP contribution in [0.2, 0.25) is 0 Å². The highest BCUT2D eigenvalue weighted by molar-refractivity contribution is 4.86.